The highest BCUT2D eigenvalue weighted by Gasteiger charge is 2.61. The van der Waals surface area contributed by atoms with Crippen LogP contribution in [-0.2, 0) is 14.3 Å². The Hall–Kier alpha value is -0.900. The van der Waals surface area contributed by atoms with E-state index in [0.717, 1.165) is 19.3 Å². The molecule has 0 heterocycles. The number of ketones is 1. The Labute approximate surface area is 116 Å². The van der Waals surface area contributed by atoms with Crippen LogP contribution in [0.15, 0.2) is 0 Å². The van der Waals surface area contributed by atoms with E-state index >= 15 is 0 Å². The molecule has 2 saturated carbocycles. The molecule has 0 amide bonds. The molecule has 0 aromatic rings. The zero-order valence-corrected chi connectivity index (χ0v) is 12.6. The fourth-order valence-corrected chi connectivity index (χ4v) is 3.18. The Morgan fingerprint density at radius 3 is 2.32 bits per heavy atom. The second kappa shape index (κ2) is 6.04. The third kappa shape index (κ3) is 2.99. The van der Waals surface area contributed by atoms with Crippen LogP contribution in [0.3, 0.4) is 0 Å². The molecule has 0 aliphatic heterocycles. The molecule has 2 atom stereocenters. The van der Waals surface area contributed by atoms with E-state index in [0.29, 0.717) is 18.3 Å². The highest BCUT2D eigenvalue weighted by molar-refractivity contribution is 5.89. The number of rotatable bonds is 3. The number of hydrogen-bond donors (Lipinski definition) is 1. The van der Waals surface area contributed by atoms with Gasteiger partial charge in [0.1, 0.15) is 5.78 Å². The van der Waals surface area contributed by atoms with Crippen molar-refractivity contribution in [2.75, 3.05) is 13.2 Å². The third-order valence-electron chi connectivity index (χ3n) is 5.12. The van der Waals surface area contributed by atoms with E-state index in [4.69, 9.17) is 5.73 Å². The van der Waals surface area contributed by atoms with Gasteiger partial charge < -0.3 is 10.5 Å². The fraction of sp³-hybridized carbons (Fsp3) is 0.867. The quantitative estimate of drug-likeness (QED) is 0.798. The van der Waals surface area contributed by atoms with Crippen molar-refractivity contribution in [1.82, 2.24) is 0 Å². The fourth-order valence-electron chi connectivity index (χ4n) is 3.18. The minimum Gasteiger partial charge on any atom is -0.465 e. The van der Waals surface area contributed by atoms with Gasteiger partial charge in [0.25, 0.3) is 0 Å². The summed E-state index contributed by atoms with van der Waals surface area (Å²) >= 11 is 0. The summed E-state index contributed by atoms with van der Waals surface area (Å²) in [5.41, 5.74) is 5.25. The number of carbonyl (C=O) groups excluding carboxylic acids is 2. The first-order valence-electron chi connectivity index (χ1n) is 7.18. The molecule has 2 fully saturated rings. The molecule has 0 aromatic carbocycles. The van der Waals surface area contributed by atoms with Gasteiger partial charge in [-0.3, -0.25) is 9.59 Å². The Balaban J connectivity index is 0.000000203. The molecule has 19 heavy (non-hydrogen) atoms. The van der Waals surface area contributed by atoms with Crippen molar-refractivity contribution in [3.05, 3.63) is 0 Å². The van der Waals surface area contributed by atoms with E-state index in [1.165, 1.54) is 6.42 Å². The first kappa shape index (κ1) is 16.2. The second-order valence-corrected chi connectivity index (χ2v) is 6.34. The number of hydrogen-bond acceptors (Lipinski definition) is 4. The minimum atomic E-state index is -0.327. The molecule has 4 nitrogen and oxygen atoms in total. The third-order valence-corrected chi connectivity index (χ3v) is 5.12. The van der Waals surface area contributed by atoms with E-state index in [2.05, 4.69) is 25.5 Å². The lowest BCUT2D eigenvalue weighted by molar-refractivity contribution is -0.141. The summed E-state index contributed by atoms with van der Waals surface area (Å²) in [5.74, 6) is 0.866. The maximum atomic E-state index is 11.6. The summed E-state index contributed by atoms with van der Waals surface area (Å²) in [7, 11) is 0. The van der Waals surface area contributed by atoms with Crippen LogP contribution in [0.1, 0.15) is 53.4 Å². The van der Waals surface area contributed by atoms with Gasteiger partial charge >= 0.3 is 5.97 Å². The Kier molecular flexibility index (Phi) is 5.13. The molecule has 110 valence electrons. The molecular weight excluding hydrogens is 242 g/mol. The Morgan fingerprint density at radius 1 is 1.42 bits per heavy atom. The van der Waals surface area contributed by atoms with Gasteiger partial charge in [0.2, 0.25) is 0 Å². The number of esters is 1. The topological polar surface area (TPSA) is 69.4 Å². The SMILES string of the molecule is CC12CCC(CC1=O)C2(C)C.CCCOC(=O)CN. The predicted octanol–water partition coefficient (Wildman–Crippen LogP) is 2.30. The van der Waals surface area contributed by atoms with E-state index in [1.807, 2.05) is 6.92 Å². The van der Waals surface area contributed by atoms with Gasteiger partial charge in [-0.15, -0.1) is 0 Å². The minimum absolute atomic E-state index is 0.0139. The number of ether oxygens (including phenoxy) is 1. The zero-order valence-electron chi connectivity index (χ0n) is 12.6. The van der Waals surface area contributed by atoms with Gasteiger partial charge in [-0.05, 0) is 30.6 Å². The second-order valence-electron chi connectivity index (χ2n) is 6.34. The van der Waals surface area contributed by atoms with Gasteiger partial charge in [0.15, 0.2) is 0 Å². The van der Waals surface area contributed by atoms with Crippen LogP contribution in [-0.4, -0.2) is 24.9 Å². The van der Waals surface area contributed by atoms with Gasteiger partial charge in [0.05, 0.1) is 13.2 Å². The maximum absolute atomic E-state index is 11.6. The summed E-state index contributed by atoms with van der Waals surface area (Å²) in [6, 6.07) is 0. The molecule has 2 N–H and O–H groups in total. The van der Waals surface area contributed by atoms with Gasteiger partial charge in [0, 0.05) is 11.8 Å². The average Bonchev–Trinajstić information content (AvgIpc) is 2.69. The van der Waals surface area contributed by atoms with Crippen LogP contribution in [0.25, 0.3) is 0 Å². The Bertz CT molecular complexity index is 351. The zero-order chi connectivity index (χ0) is 14.7. The molecular formula is C15H27NO3. The number of Topliss-reactive ketones (excluding diaryl/α,β-unsaturated/α-hetero) is 1. The van der Waals surface area contributed by atoms with Crippen molar-refractivity contribution in [3.8, 4) is 0 Å². The predicted molar refractivity (Wildman–Crippen MR) is 74.5 cm³/mol. The van der Waals surface area contributed by atoms with Crippen LogP contribution in [0.2, 0.25) is 0 Å². The highest BCUT2D eigenvalue weighted by atomic mass is 16.5. The van der Waals surface area contributed by atoms with E-state index in [9.17, 15) is 9.59 Å². The summed E-state index contributed by atoms with van der Waals surface area (Å²) in [6.45, 7) is 9.08. The summed E-state index contributed by atoms with van der Waals surface area (Å²) in [6.07, 6.45) is 4.11. The van der Waals surface area contributed by atoms with Crippen molar-refractivity contribution < 1.29 is 14.3 Å². The maximum Gasteiger partial charge on any atom is 0.319 e. The largest absolute Gasteiger partial charge is 0.465 e. The van der Waals surface area contributed by atoms with Crippen molar-refractivity contribution in [2.45, 2.75) is 53.4 Å². The molecule has 2 rings (SSSR count). The van der Waals surface area contributed by atoms with Gasteiger partial charge in [-0.25, -0.2) is 0 Å². The first-order valence-corrected chi connectivity index (χ1v) is 7.18. The molecule has 4 heteroatoms. The van der Waals surface area contributed by atoms with E-state index < -0.39 is 0 Å². The van der Waals surface area contributed by atoms with Gasteiger partial charge in [-0.2, -0.15) is 0 Å². The number of fused-ring (bicyclic) bond motifs is 2. The molecule has 2 aliphatic rings. The Morgan fingerprint density at radius 2 is 2.05 bits per heavy atom. The van der Waals surface area contributed by atoms with E-state index in [1.54, 1.807) is 0 Å². The van der Waals surface area contributed by atoms with Crippen LogP contribution in [0.4, 0.5) is 0 Å². The van der Waals surface area contributed by atoms with Crippen LogP contribution >= 0.6 is 0 Å². The van der Waals surface area contributed by atoms with Crippen molar-refractivity contribution in [3.63, 3.8) is 0 Å². The summed E-state index contributed by atoms with van der Waals surface area (Å²) < 4.78 is 4.58. The van der Waals surface area contributed by atoms with Crippen LogP contribution in [0.5, 0.6) is 0 Å². The van der Waals surface area contributed by atoms with Crippen LogP contribution < -0.4 is 5.73 Å². The number of carbonyl (C=O) groups is 2. The van der Waals surface area contributed by atoms with Crippen molar-refractivity contribution in [1.29, 1.82) is 0 Å². The van der Waals surface area contributed by atoms with Crippen molar-refractivity contribution in [2.24, 2.45) is 22.5 Å². The summed E-state index contributed by atoms with van der Waals surface area (Å²) in [4.78, 5) is 21.8. The van der Waals surface area contributed by atoms with Gasteiger partial charge in [-0.1, -0.05) is 27.7 Å². The lowest BCUT2D eigenvalue weighted by Crippen LogP contribution is -2.32. The lowest BCUT2D eigenvalue weighted by Gasteiger charge is -2.32. The first-order chi connectivity index (χ1) is 8.79. The average molecular weight is 269 g/mol. The van der Waals surface area contributed by atoms with Crippen molar-refractivity contribution >= 4 is 11.8 Å². The molecule has 0 radical (unpaired) electrons. The normalized spacial score (nSPS) is 30.8. The molecule has 2 bridgehead atoms. The molecule has 2 aliphatic carbocycles. The summed E-state index contributed by atoms with van der Waals surface area (Å²) in [5, 5.41) is 0. The van der Waals surface area contributed by atoms with Crippen LogP contribution in [0, 0.1) is 16.7 Å². The number of nitrogens with two attached hydrogens (primary N) is 1. The highest BCUT2D eigenvalue weighted by Crippen LogP contribution is 2.63. The lowest BCUT2D eigenvalue weighted by atomic mass is 9.70. The molecule has 0 spiro atoms. The molecule has 0 saturated heterocycles. The monoisotopic (exact) mass is 269 g/mol. The standard InChI is InChI=1S/C10H16O.C5H11NO2/c1-9(2)7-4-5-10(9,3)8(11)6-7;1-2-3-8-5(7)4-6/h7H,4-6H2,1-3H3;2-4,6H2,1H3. The molecule has 0 aromatic heterocycles. The van der Waals surface area contributed by atoms with E-state index in [-0.39, 0.29) is 23.3 Å². The molecule has 2 unspecified atom stereocenters. The smallest absolute Gasteiger partial charge is 0.319 e.